The van der Waals surface area contributed by atoms with Crippen LogP contribution in [-0.2, 0) is 20.1 Å². The van der Waals surface area contributed by atoms with Gasteiger partial charge in [0.1, 0.15) is 12.4 Å². The molecule has 0 aliphatic rings. The topological polar surface area (TPSA) is 81.4 Å². The molecule has 0 radical (unpaired) electrons. The van der Waals surface area contributed by atoms with Crippen LogP contribution < -0.4 is 5.32 Å². The highest BCUT2D eigenvalue weighted by atomic mass is 32.2. The molecule has 0 saturated heterocycles. The highest BCUT2D eigenvalue weighted by molar-refractivity contribution is 7.80. The average Bonchev–Trinajstić information content (AvgIpc) is 2.82. The smallest absolute Gasteiger partial charge is 0.253 e. The van der Waals surface area contributed by atoms with Gasteiger partial charge < -0.3 is 9.84 Å². The van der Waals surface area contributed by atoms with Gasteiger partial charge in [-0.2, -0.15) is 0 Å². The molecule has 1 heterocycles. The van der Waals surface area contributed by atoms with Crippen molar-refractivity contribution < 1.29 is 17.7 Å². The number of nitrogens with zero attached hydrogens (tertiary/aromatic N) is 1. The maximum atomic E-state index is 11.8. The summed E-state index contributed by atoms with van der Waals surface area (Å²) in [6, 6.07) is 8.63. The first-order chi connectivity index (χ1) is 9.54. The standard InChI is InChI=1S/C13H14N2O4S/c1-9-3-5-11(6-4-9)20(17)18-8-13(16)14-12-7-10(2)19-15-12/h3-7H,8H2,1-2H3,(H,14,15,16). The van der Waals surface area contributed by atoms with Crippen molar-refractivity contribution in [2.24, 2.45) is 0 Å². The number of rotatable bonds is 5. The molecule has 0 fully saturated rings. The number of carbonyl (C=O) groups excluding carboxylic acids is 1. The highest BCUT2D eigenvalue weighted by Gasteiger charge is 2.10. The van der Waals surface area contributed by atoms with E-state index in [1.807, 2.05) is 19.1 Å². The molecule has 0 aliphatic carbocycles. The largest absolute Gasteiger partial charge is 0.360 e. The number of hydrogen-bond acceptors (Lipinski definition) is 5. The summed E-state index contributed by atoms with van der Waals surface area (Å²) in [6.07, 6.45) is 0. The zero-order chi connectivity index (χ0) is 14.5. The SMILES string of the molecule is Cc1ccc(S(=O)OCC(=O)Nc2cc(C)on2)cc1. The molecule has 2 rings (SSSR count). The Bertz CT molecular complexity index is 622. The van der Waals surface area contributed by atoms with Crippen molar-refractivity contribution in [3.8, 4) is 0 Å². The number of amides is 1. The van der Waals surface area contributed by atoms with Crippen LogP contribution in [0.4, 0.5) is 5.82 Å². The van der Waals surface area contributed by atoms with Crippen LogP contribution >= 0.6 is 0 Å². The molecule has 0 aliphatic heterocycles. The Morgan fingerprint density at radius 1 is 1.35 bits per heavy atom. The van der Waals surface area contributed by atoms with Crippen LogP contribution in [0, 0.1) is 13.8 Å². The van der Waals surface area contributed by atoms with Gasteiger partial charge in [-0.1, -0.05) is 22.9 Å². The third kappa shape index (κ3) is 4.01. The molecular formula is C13H14N2O4S. The minimum atomic E-state index is -1.67. The summed E-state index contributed by atoms with van der Waals surface area (Å²) in [7, 11) is 0. The molecule has 1 amide bonds. The molecule has 1 aromatic heterocycles. The molecule has 0 saturated carbocycles. The Labute approximate surface area is 118 Å². The van der Waals surface area contributed by atoms with E-state index in [0.29, 0.717) is 16.5 Å². The van der Waals surface area contributed by atoms with E-state index >= 15 is 0 Å². The van der Waals surface area contributed by atoms with E-state index in [0.717, 1.165) is 5.56 Å². The van der Waals surface area contributed by atoms with Crippen molar-refractivity contribution in [2.75, 3.05) is 11.9 Å². The van der Waals surface area contributed by atoms with E-state index in [1.54, 1.807) is 25.1 Å². The third-order valence-electron chi connectivity index (χ3n) is 2.41. The van der Waals surface area contributed by atoms with Crippen molar-refractivity contribution >= 4 is 22.8 Å². The monoisotopic (exact) mass is 294 g/mol. The Kier molecular flexibility index (Phi) is 4.65. The van der Waals surface area contributed by atoms with Gasteiger partial charge in [0, 0.05) is 6.07 Å². The van der Waals surface area contributed by atoms with Crippen molar-refractivity contribution in [3.63, 3.8) is 0 Å². The molecule has 106 valence electrons. The Morgan fingerprint density at radius 3 is 2.65 bits per heavy atom. The molecule has 1 aromatic carbocycles. The molecule has 1 N–H and O–H groups in total. The third-order valence-corrected chi connectivity index (χ3v) is 3.39. The van der Waals surface area contributed by atoms with Gasteiger partial charge in [0.05, 0.1) is 4.90 Å². The lowest BCUT2D eigenvalue weighted by atomic mass is 10.2. The Balaban J connectivity index is 1.84. The minimum Gasteiger partial charge on any atom is -0.360 e. The van der Waals surface area contributed by atoms with E-state index in [9.17, 15) is 9.00 Å². The minimum absolute atomic E-state index is 0.303. The molecule has 2 aromatic rings. The van der Waals surface area contributed by atoms with Crippen LogP contribution in [0.25, 0.3) is 0 Å². The normalized spacial score (nSPS) is 12.1. The fraction of sp³-hybridized carbons (Fsp3) is 0.231. The summed E-state index contributed by atoms with van der Waals surface area (Å²) < 4.78 is 21.6. The van der Waals surface area contributed by atoms with Crippen molar-refractivity contribution in [1.82, 2.24) is 5.16 Å². The van der Waals surface area contributed by atoms with E-state index in [1.165, 1.54) is 0 Å². The molecule has 1 atom stereocenters. The van der Waals surface area contributed by atoms with Gasteiger partial charge in [-0.05, 0) is 26.0 Å². The Hall–Kier alpha value is -1.99. The second kappa shape index (κ2) is 6.44. The van der Waals surface area contributed by atoms with E-state index < -0.39 is 17.0 Å². The second-order valence-corrected chi connectivity index (χ2v) is 5.36. The van der Waals surface area contributed by atoms with Crippen molar-refractivity contribution in [2.45, 2.75) is 18.7 Å². The summed E-state index contributed by atoms with van der Waals surface area (Å²) in [4.78, 5) is 12.1. The van der Waals surface area contributed by atoms with Crippen LogP contribution in [0.2, 0.25) is 0 Å². The van der Waals surface area contributed by atoms with Crippen LogP contribution in [0.15, 0.2) is 39.8 Å². The Morgan fingerprint density at radius 2 is 2.05 bits per heavy atom. The lowest BCUT2D eigenvalue weighted by Gasteiger charge is -2.03. The van der Waals surface area contributed by atoms with Gasteiger partial charge in [-0.3, -0.25) is 8.98 Å². The van der Waals surface area contributed by atoms with Crippen molar-refractivity contribution in [1.29, 1.82) is 0 Å². The zero-order valence-electron chi connectivity index (χ0n) is 11.1. The summed E-state index contributed by atoms with van der Waals surface area (Å²) in [5.74, 6) is 0.445. The predicted octanol–water partition coefficient (Wildman–Crippen LogP) is 1.97. The summed E-state index contributed by atoms with van der Waals surface area (Å²) >= 11 is -1.67. The molecule has 1 unspecified atom stereocenters. The van der Waals surface area contributed by atoms with E-state index in [-0.39, 0.29) is 6.61 Å². The molecule has 0 spiro atoms. The summed E-state index contributed by atoms with van der Waals surface area (Å²) in [6.45, 7) is 3.32. The number of aryl methyl sites for hydroxylation is 2. The van der Waals surface area contributed by atoms with Crippen LogP contribution in [0.1, 0.15) is 11.3 Å². The lowest BCUT2D eigenvalue weighted by molar-refractivity contribution is -0.117. The van der Waals surface area contributed by atoms with Gasteiger partial charge in [0.2, 0.25) is 0 Å². The number of carbonyl (C=O) groups is 1. The average molecular weight is 294 g/mol. The number of benzene rings is 1. The van der Waals surface area contributed by atoms with Gasteiger partial charge in [-0.15, -0.1) is 0 Å². The second-order valence-electron chi connectivity index (χ2n) is 4.18. The fourth-order valence-electron chi connectivity index (χ4n) is 1.43. The number of nitrogens with one attached hydrogen (secondary N) is 1. The molecule has 6 nitrogen and oxygen atoms in total. The van der Waals surface area contributed by atoms with Gasteiger partial charge in [0.25, 0.3) is 5.91 Å². The van der Waals surface area contributed by atoms with Crippen LogP contribution in [0.3, 0.4) is 0 Å². The summed E-state index contributed by atoms with van der Waals surface area (Å²) in [5.41, 5.74) is 1.06. The van der Waals surface area contributed by atoms with E-state index in [2.05, 4.69) is 10.5 Å². The van der Waals surface area contributed by atoms with Gasteiger partial charge in [0.15, 0.2) is 16.9 Å². The first-order valence-corrected chi connectivity index (χ1v) is 6.97. The molecule has 7 heteroatoms. The molecular weight excluding hydrogens is 280 g/mol. The van der Waals surface area contributed by atoms with Gasteiger partial charge >= 0.3 is 0 Å². The van der Waals surface area contributed by atoms with E-state index in [4.69, 9.17) is 8.71 Å². The van der Waals surface area contributed by atoms with Crippen molar-refractivity contribution in [3.05, 3.63) is 41.7 Å². The fourth-order valence-corrected chi connectivity index (χ4v) is 2.14. The number of anilines is 1. The quantitative estimate of drug-likeness (QED) is 0.911. The predicted molar refractivity (Wildman–Crippen MR) is 73.4 cm³/mol. The highest BCUT2D eigenvalue weighted by Crippen LogP contribution is 2.10. The zero-order valence-corrected chi connectivity index (χ0v) is 11.9. The maximum absolute atomic E-state index is 11.8. The first kappa shape index (κ1) is 14.4. The number of aromatic nitrogens is 1. The summed E-state index contributed by atoms with van der Waals surface area (Å²) in [5, 5.41) is 6.09. The molecule has 20 heavy (non-hydrogen) atoms. The first-order valence-electron chi connectivity index (χ1n) is 5.89. The molecule has 0 bridgehead atoms. The maximum Gasteiger partial charge on any atom is 0.253 e. The van der Waals surface area contributed by atoms with Gasteiger partial charge in [-0.25, -0.2) is 4.21 Å². The lowest BCUT2D eigenvalue weighted by Crippen LogP contribution is -2.19. The van der Waals surface area contributed by atoms with Crippen LogP contribution in [-0.4, -0.2) is 21.9 Å². The van der Waals surface area contributed by atoms with Crippen LogP contribution in [0.5, 0.6) is 0 Å². The number of hydrogen-bond donors (Lipinski definition) is 1.